The van der Waals surface area contributed by atoms with Crippen molar-refractivity contribution in [3.63, 3.8) is 0 Å². The zero-order valence-electron chi connectivity index (χ0n) is 10.2. The molecule has 1 N–H and O–H groups in total. The lowest BCUT2D eigenvalue weighted by Gasteiger charge is -2.06. The van der Waals surface area contributed by atoms with Gasteiger partial charge in [-0.2, -0.15) is 0 Å². The van der Waals surface area contributed by atoms with Crippen LogP contribution in [0.25, 0.3) is 0 Å². The van der Waals surface area contributed by atoms with Crippen molar-refractivity contribution in [2.75, 3.05) is 26.5 Å². The van der Waals surface area contributed by atoms with Gasteiger partial charge < -0.3 is 19.5 Å². The molecular weight excluding hydrogens is 218 g/mol. The summed E-state index contributed by atoms with van der Waals surface area (Å²) < 4.78 is 16.1. The van der Waals surface area contributed by atoms with Crippen LogP contribution in [0.15, 0.2) is 18.2 Å². The SMILES string of the molecule is CCCNCCOCc1ccc2c(c1)OCO2. The molecule has 1 heterocycles. The fourth-order valence-electron chi connectivity index (χ4n) is 1.67. The number of ether oxygens (including phenoxy) is 3. The Balaban J connectivity index is 1.69. The summed E-state index contributed by atoms with van der Waals surface area (Å²) in [7, 11) is 0. The summed E-state index contributed by atoms with van der Waals surface area (Å²) in [6, 6.07) is 5.91. The Morgan fingerprint density at radius 2 is 2.12 bits per heavy atom. The highest BCUT2D eigenvalue weighted by molar-refractivity contribution is 5.44. The summed E-state index contributed by atoms with van der Waals surface area (Å²) in [4.78, 5) is 0. The molecule has 1 aliphatic heterocycles. The minimum Gasteiger partial charge on any atom is -0.454 e. The van der Waals surface area contributed by atoms with Crippen LogP contribution in [0.5, 0.6) is 11.5 Å². The third-order valence-electron chi connectivity index (χ3n) is 2.56. The molecule has 0 bridgehead atoms. The van der Waals surface area contributed by atoms with E-state index in [1.807, 2.05) is 18.2 Å². The Labute approximate surface area is 102 Å². The van der Waals surface area contributed by atoms with E-state index in [9.17, 15) is 0 Å². The van der Waals surface area contributed by atoms with Crippen LogP contribution >= 0.6 is 0 Å². The molecular formula is C13H19NO3. The van der Waals surface area contributed by atoms with E-state index in [0.717, 1.165) is 43.2 Å². The lowest BCUT2D eigenvalue weighted by atomic mass is 10.2. The van der Waals surface area contributed by atoms with Crippen LogP contribution in [0.2, 0.25) is 0 Å². The van der Waals surface area contributed by atoms with Crippen molar-refractivity contribution in [2.45, 2.75) is 20.0 Å². The Kier molecular flexibility index (Phi) is 4.64. The van der Waals surface area contributed by atoms with Gasteiger partial charge in [0.2, 0.25) is 6.79 Å². The Hall–Kier alpha value is -1.26. The summed E-state index contributed by atoms with van der Waals surface area (Å²) in [5.74, 6) is 1.63. The van der Waals surface area contributed by atoms with Gasteiger partial charge in [0.05, 0.1) is 13.2 Å². The standard InChI is InChI=1S/C13H19NO3/c1-2-5-14-6-7-15-9-11-3-4-12-13(8-11)17-10-16-12/h3-4,8,14H,2,5-7,9-10H2,1H3. The average Bonchev–Trinajstić information content (AvgIpc) is 2.81. The third kappa shape index (κ3) is 3.61. The summed E-state index contributed by atoms with van der Waals surface area (Å²) in [5, 5.41) is 3.29. The largest absolute Gasteiger partial charge is 0.454 e. The monoisotopic (exact) mass is 237 g/mol. The first-order valence-corrected chi connectivity index (χ1v) is 6.07. The molecule has 0 spiro atoms. The molecule has 0 unspecified atom stereocenters. The molecule has 17 heavy (non-hydrogen) atoms. The molecule has 0 aliphatic carbocycles. The van der Waals surface area contributed by atoms with Crippen LogP contribution in [0.4, 0.5) is 0 Å². The van der Waals surface area contributed by atoms with Gasteiger partial charge in [0.25, 0.3) is 0 Å². The van der Waals surface area contributed by atoms with Gasteiger partial charge in [0.1, 0.15) is 0 Å². The molecule has 1 aromatic carbocycles. The van der Waals surface area contributed by atoms with Crippen LogP contribution in [0.1, 0.15) is 18.9 Å². The average molecular weight is 237 g/mol. The van der Waals surface area contributed by atoms with Gasteiger partial charge in [0.15, 0.2) is 11.5 Å². The molecule has 2 rings (SSSR count). The molecule has 4 heteroatoms. The lowest BCUT2D eigenvalue weighted by molar-refractivity contribution is 0.122. The minimum atomic E-state index is 0.320. The number of hydrogen-bond donors (Lipinski definition) is 1. The fraction of sp³-hybridized carbons (Fsp3) is 0.538. The van der Waals surface area contributed by atoms with E-state index in [0.29, 0.717) is 13.4 Å². The van der Waals surface area contributed by atoms with E-state index in [2.05, 4.69) is 12.2 Å². The summed E-state index contributed by atoms with van der Waals surface area (Å²) >= 11 is 0. The molecule has 0 atom stereocenters. The Morgan fingerprint density at radius 3 is 3.00 bits per heavy atom. The van der Waals surface area contributed by atoms with Crippen molar-refractivity contribution < 1.29 is 14.2 Å². The number of fused-ring (bicyclic) bond motifs is 1. The highest BCUT2D eigenvalue weighted by atomic mass is 16.7. The molecule has 1 aromatic rings. The topological polar surface area (TPSA) is 39.7 Å². The predicted octanol–water partition coefficient (Wildman–Crippen LogP) is 1.93. The predicted molar refractivity (Wildman–Crippen MR) is 65.4 cm³/mol. The smallest absolute Gasteiger partial charge is 0.231 e. The molecule has 0 amide bonds. The molecule has 94 valence electrons. The number of nitrogens with one attached hydrogen (secondary N) is 1. The maximum atomic E-state index is 5.57. The van der Waals surface area contributed by atoms with Gasteiger partial charge in [0, 0.05) is 6.54 Å². The second kappa shape index (κ2) is 6.47. The quantitative estimate of drug-likeness (QED) is 0.736. The van der Waals surface area contributed by atoms with Gasteiger partial charge in [-0.15, -0.1) is 0 Å². The van der Waals surface area contributed by atoms with E-state index < -0.39 is 0 Å². The third-order valence-corrected chi connectivity index (χ3v) is 2.56. The van der Waals surface area contributed by atoms with Gasteiger partial charge in [-0.3, -0.25) is 0 Å². The van der Waals surface area contributed by atoms with Crippen LogP contribution in [-0.4, -0.2) is 26.5 Å². The molecule has 0 saturated heterocycles. The fourth-order valence-corrected chi connectivity index (χ4v) is 1.67. The molecule has 1 aliphatic rings. The zero-order chi connectivity index (χ0) is 11.9. The van der Waals surface area contributed by atoms with E-state index in [4.69, 9.17) is 14.2 Å². The molecule has 0 radical (unpaired) electrons. The molecule has 0 saturated carbocycles. The van der Waals surface area contributed by atoms with Gasteiger partial charge in [-0.25, -0.2) is 0 Å². The van der Waals surface area contributed by atoms with Crippen molar-refractivity contribution in [3.05, 3.63) is 23.8 Å². The van der Waals surface area contributed by atoms with Crippen LogP contribution < -0.4 is 14.8 Å². The maximum absolute atomic E-state index is 5.57. The van der Waals surface area contributed by atoms with E-state index >= 15 is 0 Å². The van der Waals surface area contributed by atoms with Crippen LogP contribution in [-0.2, 0) is 11.3 Å². The van der Waals surface area contributed by atoms with Gasteiger partial charge in [-0.1, -0.05) is 13.0 Å². The second-order valence-electron chi connectivity index (χ2n) is 3.99. The van der Waals surface area contributed by atoms with Gasteiger partial charge >= 0.3 is 0 Å². The number of rotatable bonds is 7. The first kappa shape index (κ1) is 12.2. The van der Waals surface area contributed by atoms with E-state index in [-0.39, 0.29) is 0 Å². The molecule has 4 nitrogen and oxygen atoms in total. The number of hydrogen-bond acceptors (Lipinski definition) is 4. The summed E-state index contributed by atoms with van der Waals surface area (Å²) in [6.07, 6.45) is 1.15. The Bertz CT molecular complexity index is 355. The summed E-state index contributed by atoms with van der Waals surface area (Å²) in [5.41, 5.74) is 1.12. The van der Waals surface area contributed by atoms with E-state index in [1.165, 1.54) is 0 Å². The van der Waals surface area contributed by atoms with Gasteiger partial charge in [-0.05, 0) is 30.7 Å². The zero-order valence-corrected chi connectivity index (χ0v) is 10.2. The molecule has 0 aromatic heterocycles. The number of benzene rings is 1. The normalized spacial score (nSPS) is 13.0. The maximum Gasteiger partial charge on any atom is 0.231 e. The molecule has 0 fully saturated rings. The lowest BCUT2D eigenvalue weighted by Crippen LogP contribution is -2.20. The van der Waals surface area contributed by atoms with Crippen molar-refractivity contribution in [2.24, 2.45) is 0 Å². The van der Waals surface area contributed by atoms with Crippen molar-refractivity contribution >= 4 is 0 Å². The first-order chi connectivity index (χ1) is 8.40. The van der Waals surface area contributed by atoms with Crippen LogP contribution in [0.3, 0.4) is 0 Å². The second-order valence-corrected chi connectivity index (χ2v) is 3.99. The van der Waals surface area contributed by atoms with E-state index in [1.54, 1.807) is 0 Å². The highest BCUT2D eigenvalue weighted by Gasteiger charge is 2.12. The highest BCUT2D eigenvalue weighted by Crippen LogP contribution is 2.32. The van der Waals surface area contributed by atoms with Crippen molar-refractivity contribution in [3.8, 4) is 11.5 Å². The first-order valence-electron chi connectivity index (χ1n) is 6.07. The van der Waals surface area contributed by atoms with Crippen molar-refractivity contribution in [1.82, 2.24) is 5.32 Å². The summed E-state index contributed by atoms with van der Waals surface area (Å²) in [6.45, 7) is 5.77. The minimum absolute atomic E-state index is 0.320. The van der Waals surface area contributed by atoms with Crippen LogP contribution in [0, 0.1) is 0 Å². The Morgan fingerprint density at radius 1 is 1.24 bits per heavy atom. The van der Waals surface area contributed by atoms with Crippen molar-refractivity contribution in [1.29, 1.82) is 0 Å².